The second kappa shape index (κ2) is 11.5. The Balaban J connectivity index is 1.71. The first-order valence-corrected chi connectivity index (χ1v) is 10.8. The Kier molecular flexibility index (Phi) is 9.60. The SMILES string of the molecule is CCCCCCCC(CCCCCCC)N1CC2CCC(C1)N2. The van der Waals surface area contributed by atoms with Crippen LogP contribution in [0.25, 0.3) is 0 Å². The summed E-state index contributed by atoms with van der Waals surface area (Å²) >= 11 is 0. The normalized spacial score (nSPS) is 24.7. The maximum Gasteiger partial charge on any atom is 0.0198 e. The van der Waals surface area contributed by atoms with Crippen LogP contribution >= 0.6 is 0 Å². The van der Waals surface area contributed by atoms with Gasteiger partial charge >= 0.3 is 0 Å². The van der Waals surface area contributed by atoms with Gasteiger partial charge in [0.05, 0.1) is 0 Å². The molecular formula is C21H42N2. The minimum absolute atomic E-state index is 0.802. The van der Waals surface area contributed by atoms with Gasteiger partial charge in [0.1, 0.15) is 0 Å². The summed E-state index contributed by atoms with van der Waals surface area (Å²) in [6.45, 7) is 7.28. The molecule has 0 aromatic heterocycles. The van der Waals surface area contributed by atoms with Crippen LogP contribution in [0.3, 0.4) is 0 Å². The Morgan fingerprint density at radius 1 is 0.739 bits per heavy atom. The van der Waals surface area contributed by atoms with Gasteiger partial charge in [-0.2, -0.15) is 0 Å². The van der Waals surface area contributed by atoms with Crippen molar-refractivity contribution in [3.63, 3.8) is 0 Å². The highest BCUT2D eigenvalue weighted by atomic mass is 15.2. The fourth-order valence-electron chi connectivity index (χ4n) is 4.61. The summed E-state index contributed by atoms with van der Waals surface area (Å²) in [6.07, 6.45) is 20.1. The van der Waals surface area contributed by atoms with Crippen molar-refractivity contribution in [3.05, 3.63) is 0 Å². The highest BCUT2D eigenvalue weighted by molar-refractivity contribution is 4.94. The zero-order valence-electron chi connectivity index (χ0n) is 16.0. The molecule has 2 heteroatoms. The van der Waals surface area contributed by atoms with E-state index in [2.05, 4.69) is 24.1 Å². The lowest BCUT2D eigenvalue weighted by molar-refractivity contribution is 0.122. The highest BCUT2D eigenvalue weighted by Crippen LogP contribution is 2.26. The first-order chi connectivity index (χ1) is 11.3. The largest absolute Gasteiger partial charge is 0.309 e. The maximum atomic E-state index is 3.80. The van der Waals surface area contributed by atoms with E-state index < -0.39 is 0 Å². The van der Waals surface area contributed by atoms with Gasteiger partial charge in [0.25, 0.3) is 0 Å². The van der Waals surface area contributed by atoms with Gasteiger partial charge in [-0.1, -0.05) is 78.1 Å². The second-order valence-corrected chi connectivity index (χ2v) is 8.15. The summed E-state index contributed by atoms with van der Waals surface area (Å²) in [7, 11) is 0. The van der Waals surface area contributed by atoms with Crippen LogP contribution in [0.1, 0.15) is 104 Å². The summed E-state index contributed by atoms with van der Waals surface area (Å²) < 4.78 is 0. The molecule has 0 aromatic carbocycles. The molecule has 0 spiro atoms. The molecule has 0 aliphatic carbocycles. The third-order valence-electron chi connectivity index (χ3n) is 6.04. The average molecular weight is 323 g/mol. The standard InChI is InChI=1S/C21H42N2/c1-3-5-7-9-11-13-21(14-12-10-8-6-4-2)23-17-19-15-16-20(18-23)22-19/h19-22H,3-18H2,1-2H3. The molecule has 2 unspecified atom stereocenters. The molecule has 136 valence electrons. The van der Waals surface area contributed by atoms with Gasteiger partial charge in [-0.05, 0) is 25.7 Å². The zero-order valence-corrected chi connectivity index (χ0v) is 16.0. The summed E-state index contributed by atoms with van der Waals surface area (Å²) in [6, 6.07) is 2.48. The molecule has 2 bridgehead atoms. The molecule has 1 N–H and O–H groups in total. The number of piperazine rings is 1. The molecule has 2 aliphatic heterocycles. The van der Waals surface area contributed by atoms with Gasteiger partial charge < -0.3 is 5.32 Å². The Morgan fingerprint density at radius 3 is 1.70 bits per heavy atom. The van der Waals surface area contributed by atoms with Crippen LogP contribution in [0.2, 0.25) is 0 Å². The minimum Gasteiger partial charge on any atom is -0.309 e. The number of nitrogens with one attached hydrogen (secondary N) is 1. The molecule has 2 nitrogen and oxygen atoms in total. The molecule has 2 fully saturated rings. The van der Waals surface area contributed by atoms with E-state index in [0.29, 0.717) is 0 Å². The Labute approximate surface area is 145 Å². The first-order valence-electron chi connectivity index (χ1n) is 10.8. The van der Waals surface area contributed by atoms with E-state index in [1.165, 1.54) is 103 Å². The number of hydrogen-bond donors (Lipinski definition) is 1. The molecular weight excluding hydrogens is 280 g/mol. The Bertz CT molecular complexity index is 266. The Hall–Kier alpha value is -0.0800. The average Bonchev–Trinajstić information content (AvgIpc) is 2.90. The molecule has 0 aromatic rings. The van der Waals surface area contributed by atoms with Crippen molar-refractivity contribution in [2.45, 2.75) is 122 Å². The molecule has 0 amide bonds. The van der Waals surface area contributed by atoms with E-state index >= 15 is 0 Å². The van der Waals surface area contributed by atoms with Gasteiger partial charge in [0.2, 0.25) is 0 Å². The molecule has 2 rings (SSSR count). The monoisotopic (exact) mass is 322 g/mol. The maximum absolute atomic E-state index is 3.80. The highest BCUT2D eigenvalue weighted by Gasteiger charge is 2.34. The fourth-order valence-corrected chi connectivity index (χ4v) is 4.61. The van der Waals surface area contributed by atoms with Crippen LogP contribution < -0.4 is 5.32 Å². The zero-order chi connectivity index (χ0) is 16.3. The molecule has 2 atom stereocenters. The van der Waals surface area contributed by atoms with Gasteiger partial charge in [0, 0.05) is 31.2 Å². The van der Waals surface area contributed by atoms with E-state index in [1.807, 2.05) is 0 Å². The smallest absolute Gasteiger partial charge is 0.0198 e. The number of rotatable bonds is 13. The molecule has 2 aliphatic rings. The second-order valence-electron chi connectivity index (χ2n) is 8.15. The van der Waals surface area contributed by atoms with Crippen molar-refractivity contribution < 1.29 is 0 Å². The van der Waals surface area contributed by atoms with Crippen molar-refractivity contribution >= 4 is 0 Å². The number of nitrogens with zero attached hydrogens (tertiary/aromatic N) is 1. The van der Waals surface area contributed by atoms with Gasteiger partial charge in [0.15, 0.2) is 0 Å². The van der Waals surface area contributed by atoms with E-state index in [1.54, 1.807) is 0 Å². The van der Waals surface area contributed by atoms with E-state index in [9.17, 15) is 0 Å². The van der Waals surface area contributed by atoms with E-state index in [-0.39, 0.29) is 0 Å². The van der Waals surface area contributed by atoms with Gasteiger partial charge in [-0.3, -0.25) is 4.90 Å². The van der Waals surface area contributed by atoms with Crippen LogP contribution in [-0.2, 0) is 0 Å². The topological polar surface area (TPSA) is 15.3 Å². The number of unbranched alkanes of at least 4 members (excludes halogenated alkanes) is 8. The van der Waals surface area contributed by atoms with Crippen LogP contribution in [0.4, 0.5) is 0 Å². The minimum atomic E-state index is 0.802. The van der Waals surface area contributed by atoms with Crippen LogP contribution in [0, 0.1) is 0 Å². The van der Waals surface area contributed by atoms with E-state index in [0.717, 1.165) is 18.1 Å². The third kappa shape index (κ3) is 7.13. The molecule has 0 radical (unpaired) electrons. The van der Waals surface area contributed by atoms with Gasteiger partial charge in [-0.15, -0.1) is 0 Å². The number of likely N-dealkylation sites (tertiary alicyclic amines) is 1. The summed E-state index contributed by atoms with van der Waals surface area (Å²) in [5.74, 6) is 0. The predicted molar refractivity (Wildman–Crippen MR) is 102 cm³/mol. The van der Waals surface area contributed by atoms with Crippen molar-refractivity contribution in [3.8, 4) is 0 Å². The lowest BCUT2D eigenvalue weighted by atomic mass is 9.98. The fraction of sp³-hybridized carbons (Fsp3) is 1.00. The summed E-state index contributed by atoms with van der Waals surface area (Å²) in [4.78, 5) is 2.87. The lowest BCUT2D eigenvalue weighted by Crippen LogP contribution is -2.54. The van der Waals surface area contributed by atoms with Crippen molar-refractivity contribution in [2.75, 3.05) is 13.1 Å². The number of hydrogen-bond acceptors (Lipinski definition) is 2. The van der Waals surface area contributed by atoms with Crippen LogP contribution in [-0.4, -0.2) is 36.1 Å². The van der Waals surface area contributed by atoms with Gasteiger partial charge in [-0.25, -0.2) is 0 Å². The lowest BCUT2D eigenvalue weighted by Gasteiger charge is -2.39. The first kappa shape index (κ1) is 19.2. The molecule has 2 saturated heterocycles. The van der Waals surface area contributed by atoms with E-state index in [4.69, 9.17) is 0 Å². The van der Waals surface area contributed by atoms with Crippen molar-refractivity contribution in [1.82, 2.24) is 10.2 Å². The Morgan fingerprint density at radius 2 is 1.22 bits per heavy atom. The van der Waals surface area contributed by atoms with Crippen molar-refractivity contribution in [2.24, 2.45) is 0 Å². The van der Waals surface area contributed by atoms with Crippen molar-refractivity contribution in [1.29, 1.82) is 0 Å². The van der Waals surface area contributed by atoms with Crippen LogP contribution in [0.5, 0.6) is 0 Å². The quantitative estimate of drug-likeness (QED) is 0.450. The molecule has 0 saturated carbocycles. The summed E-state index contributed by atoms with van der Waals surface area (Å²) in [5.41, 5.74) is 0. The molecule has 23 heavy (non-hydrogen) atoms. The third-order valence-corrected chi connectivity index (χ3v) is 6.04. The van der Waals surface area contributed by atoms with Crippen LogP contribution in [0.15, 0.2) is 0 Å². The number of fused-ring (bicyclic) bond motifs is 2. The molecule has 2 heterocycles. The summed E-state index contributed by atoms with van der Waals surface area (Å²) in [5, 5.41) is 3.80. The predicted octanol–water partition coefficient (Wildman–Crippen LogP) is 5.51.